The lowest BCUT2D eigenvalue weighted by Crippen LogP contribution is -2.54. The van der Waals surface area contributed by atoms with Gasteiger partial charge in [-0.15, -0.1) is 6.42 Å². The molecule has 4 aliphatic carbocycles. The minimum atomic E-state index is -1.09. The van der Waals surface area contributed by atoms with Crippen molar-refractivity contribution in [2.24, 2.45) is 33.7 Å². The third-order valence-corrected chi connectivity index (χ3v) is 9.49. The van der Waals surface area contributed by atoms with Gasteiger partial charge in [0.2, 0.25) is 0 Å². The van der Waals surface area contributed by atoms with Gasteiger partial charge >= 0.3 is 5.97 Å². The molecule has 0 aromatic rings. The zero-order chi connectivity index (χ0) is 24.0. The van der Waals surface area contributed by atoms with Crippen molar-refractivity contribution in [1.29, 1.82) is 0 Å². The Hall–Kier alpha value is -2.33. The van der Waals surface area contributed by atoms with E-state index in [2.05, 4.69) is 36.3 Å². The average molecular weight is 457 g/mol. The first-order valence-corrected chi connectivity index (χ1v) is 12.2. The van der Waals surface area contributed by atoms with E-state index in [1.54, 1.807) is 0 Å². The number of carboxylic acids is 1. The summed E-state index contributed by atoms with van der Waals surface area (Å²) in [5, 5.41) is 26.5. The summed E-state index contributed by atoms with van der Waals surface area (Å²) in [6.07, 6.45) is 15.6. The van der Waals surface area contributed by atoms with Gasteiger partial charge in [0.1, 0.15) is 11.6 Å². The molecule has 0 radical (unpaired) electrons. The second-order valence-corrected chi connectivity index (χ2v) is 11.0. The van der Waals surface area contributed by atoms with Gasteiger partial charge in [0, 0.05) is 5.41 Å². The van der Waals surface area contributed by atoms with Crippen LogP contribution in [0.1, 0.15) is 72.1 Å². The molecule has 0 saturated heterocycles. The number of carboxylic acid groups (broad SMARTS) is 1. The molecule has 3 N–H and O–H groups in total. The number of rotatable bonds is 5. The number of fused-ring (bicyclic) bond motifs is 5. The summed E-state index contributed by atoms with van der Waals surface area (Å²) in [4.78, 5) is 27.9. The van der Waals surface area contributed by atoms with E-state index in [9.17, 15) is 14.7 Å². The molecule has 33 heavy (non-hydrogen) atoms. The Bertz CT molecular complexity index is 935. The fourth-order valence-electron chi connectivity index (χ4n) is 7.41. The Kier molecular flexibility index (Phi) is 6.11. The molecule has 1 amide bonds. The van der Waals surface area contributed by atoms with E-state index in [1.165, 1.54) is 12.5 Å². The van der Waals surface area contributed by atoms with Gasteiger partial charge in [0.15, 0.2) is 6.61 Å². The van der Waals surface area contributed by atoms with E-state index in [-0.39, 0.29) is 17.4 Å². The largest absolute Gasteiger partial charge is 0.480 e. The summed E-state index contributed by atoms with van der Waals surface area (Å²) < 4.78 is 0. The van der Waals surface area contributed by atoms with E-state index >= 15 is 0 Å². The van der Waals surface area contributed by atoms with Crippen LogP contribution < -0.4 is 5.32 Å². The summed E-state index contributed by atoms with van der Waals surface area (Å²) in [6, 6.07) is -0.963. The Morgan fingerprint density at radius 2 is 1.97 bits per heavy atom. The summed E-state index contributed by atoms with van der Waals surface area (Å²) in [7, 11) is 0. The number of nitrogens with one attached hydrogen (secondary N) is 1. The molecule has 7 nitrogen and oxygen atoms in total. The Morgan fingerprint density at radius 3 is 2.67 bits per heavy atom. The second kappa shape index (κ2) is 8.47. The van der Waals surface area contributed by atoms with E-state index < -0.39 is 23.5 Å². The highest BCUT2D eigenvalue weighted by atomic mass is 16.6. The van der Waals surface area contributed by atoms with Crippen LogP contribution >= 0.6 is 0 Å². The summed E-state index contributed by atoms with van der Waals surface area (Å²) in [5.41, 5.74) is 1.21. The van der Waals surface area contributed by atoms with Gasteiger partial charge in [-0.1, -0.05) is 30.5 Å². The molecule has 0 aromatic carbocycles. The van der Waals surface area contributed by atoms with E-state index in [1.807, 2.05) is 0 Å². The zero-order valence-corrected chi connectivity index (χ0v) is 19.9. The van der Waals surface area contributed by atoms with Crippen LogP contribution in [-0.2, 0) is 14.4 Å². The molecule has 1 unspecified atom stereocenters. The quantitative estimate of drug-likeness (QED) is 0.435. The van der Waals surface area contributed by atoms with Gasteiger partial charge in [0.25, 0.3) is 5.91 Å². The number of oxime groups is 1. The van der Waals surface area contributed by atoms with Gasteiger partial charge in [-0.25, -0.2) is 0 Å². The molecule has 0 aromatic heterocycles. The SMILES string of the molecule is C#C[C@@]1(O)CC[C@H]2[C@@H]3CCC4=C/C(=N/OCC(=O)NC(C)C(=O)O)CC[C@]4(C)[C@H]3CC[C@@]21C. The van der Waals surface area contributed by atoms with E-state index in [0.29, 0.717) is 24.2 Å². The van der Waals surface area contributed by atoms with Crippen LogP contribution in [0.3, 0.4) is 0 Å². The topological polar surface area (TPSA) is 108 Å². The van der Waals surface area contributed by atoms with Crippen molar-refractivity contribution >= 4 is 17.6 Å². The highest BCUT2D eigenvalue weighted by molar-refractivity contribution is 5.96. The molecule has 0 aliphatic heterocycles. The first-order chi connectivity index (χ1) is 15.5. The van der Waals surface area contributed by atoms with Crippen molar-refractivity contribution < 1.29 is 24.6 Å². The van der Waals surface area contributed by atoms with Crippen molar-refractivity contribution in [3.8, 4) is 12.3 Å². The summed E-state index contributed by atoms with van der Waals surface area (Å²) in [5.74, 6) is 2.80. The smallest absolute Gasteiger partial charge is 0.325 e. The summed E-state index contributed by atoms with van der Waals surface area (Å²) in [6.45, 7) is 5.70. The molecule has 3 saturated carbocycles. The van der Waals surface area contributed by atoms with Crippen LogP contribution in [0.4, 0.5) is 0 Å². The Morgan fingerprint density at radius 1 is 1.24 bits per heavy atom. The molecule has 7 heteroatoms. The number of hydrogen-bond donors (Lipinski definition) is 3. The van der Waals surface area contributed by atoms with Crippen LogP contribution in [0.25, 0.3) is 0 Å². The van der Waals surface area contributed by atoms with Crippen molar-refractivity contribution in [3.63, 3.8) is 0 Å². The third kappa shape index (κ3) is 3.86. The van der Waals surface area contributed by atoms with Gasteiger partial charge in [-0.05, 0) is 87.5 Å². The number of nitrogens with zero attached hydrogens (tertiary/aromatic N) is 1. The fourth-order valence-corrected chi connectivity index (χ4v) is 7.41. The Balaban J connectivity index is 1.43. The standard InChI is InChI=1S/C26H36N2O5/c1-5-26(32)13-10-21-19-7-6-17-14-18(28-33-15-22(29)27-16(2)23(30)31)8-11-24(17,3)20(19)9-12-25(21,26)4/h1,14,16,19-21,32H,6-13,15H2,2-4H3,(H,27,29)(H,30,31)/b28-18+/t16?,19-,20+,21+,24+,25+,26-/m1/s1. The van der Waals surface area contributed by atoms with Gasteiger partial charge < -0.3 is 20.4 Å². The number of amides is 1. The third-order valence-electron chi connectivity index (χ3n) is 9.49. The lowest BCUT2D eigenvalue weighted by molar-refractivity contribution is -0.142. The number of terminal acetylenes is 1. The van der Waals surface area contributed by atoms with Crippen LogP contribution in [0.2, 0.25) is 0 Å². The molecular formula is C26H36N2O5. The zero-order valence-electron chi connectivity index (χ0n) is 19.9. The van der Waals surface area contributed by atoms with Crippen molar-refractivity contribution in [2.45, 2.75) is 83.8 Å². The number of carbonyl (C=O) groups excluding carboxylic acids is 1. The lowest BCUT2D eigenvalue weighted by atomic mass is 9.46. The lowest BCUT2D eigenvalue weighted by Gasteiger charge is -2.58. The number of aliphatic hydroxyl groups is 1. The average Bonchev–Trinajstić information content (AvgIpc) is 3.05. The maximum atomic E-state index is 11.8. The normalized spacial score (nSPS) is 41.6. The first-order valence-electron chi connectivity index (χ1n) is 12.2. The number of aliphatic carboxylic acids is 1. The van der Waals surface area contributed by atoms with Gasteiger partial charge in [0.05, 0.1) is 5.71 Å². The highest BCUT2D eigenvalue weighted by Crippen LogP contribution is 2.67. The van der Waals surface area contributed by atoms with Crippen molar-refractivity contribution in [2.75, 3.05) is 6.61 Å². The number of hydrogen-bond acceptors (Lipinski definition) is 5. The molecule has 180 valence electrons. The van der Waals surface area contributed by atoms with Crippen LogP contribution in [0, 0.1) is 40.9 Å². The van der Waals surface area contributed by atoms with Crippen molar-refractivity contribution in [1.82, 2.24) is 5.32 Å². The molecule has 0 spiro atoms. The van der Waals surface area contributed by atoms with Gasteiger partial charge in [-0.2, -0.15) is 0 Å². The molecule has 7 atom stereocenters. The highest BCUT2D eigenvalue weighted by Gasteiger charge is 2.63. The number of carbonyl (C=O) groups is 2. The maximum absolute atomic E-state index is 11.8. The van der Waals surface area contributed by atoms with E-state index in [4.69, 9.17) is 16.4 Å². The molecule has 4 aliphatic rings. The van der Waals surface area contributed by atoms with Crippen LogP contribution in [0.5, 0.6) is 0 Å². The molecule has 0 bridgehead atoms. The van der Waals surface area contributed by atoms with Crippen molar-refractivity contribution in [3.05, 3.63) is 11.6 Å². The number of allylic oxidation sites excluding steroid dienone is 2. The minimum Gasteiger partial charge on any atom is -0.480 e. The van der Waals surface area contributed by atoms with Crippen LogP contribution in [0.15, 0.2) is 16.8 Å². The summed E-state index contributed by atoms with van der Waals surface area (Å²) >= 11 is 0. The molecule has 0 heterocycles. The monoisotopic (exact) mass is 456 g/mol. The molecular weight excluding hydrogens is 420 g/mol. The maximum Gasteiger partial charge on any atom is 0.325 e. The van der Waals surface area contributed by atoms with Crippen LogP contribution in [-0.4, -0.2) is 46.1 Å². The molecule has 4 rings (SSSR count). The fraction of sp³-hybridized carbons (Fsp3) is 0.731. The second-order valence-electron chi connectivity index (χ2n) is 11.0. The van der Waals surface area contributed by atoms with Gasteiger partial charge in [-0.3, -0.25) is 9.59 Å². The Labute approximate surface area is 196 Å². The predicted octanol–water partition coefficient (Wildman–Crippen LogP) is 3.28. The first kappa shape index (κ1) is 23.8. The predicted molar refractivity (Wildman–Crippen MR) is 124 cm³/mol. The molecule has 3 fully saturated rings. The van der Waals surface area contributed by atoms with E-state index in [0.717, 1.165) is 50.7 Å². The minimum absolute atomic E-state index is 0.119.